The molecule has 0 aliphatic heterocycles. The van der Waals surface area contributed by atoms with Crippen LogP contribution in [0.4, 0.5) is 0 Å². The van der Waals surface area contributed by atoms with Crippen LogP contribution >= 0.6 is 23.2 Å². The first kappa shape index (κ1) is 29.6. The van der Waals surface area contributed by atoms with E-state index in [4.69, 9.17) is 40.4 Å². The summed E-state index contributed by atoms with van der Waals surface area (Å²) in [6.07, 6.45) is 1.72. The van der Waals surface area contributed by atoms with Gasteiger partial charge in [-0.1, -0.05) is 37.3 Å². The van der Waals surface area contributed by atoms with Crippen LogP contribution in [0.15, 0.2) is 35.3 Å². The highest BCUT2D eigenvalue weighted by molar-refractivity contribution is 6.35. The number of aliphatic carboxylic acids is 1. The van der Waals surface area contributed by atoms with Crippen LogP contribution in [0.2, 0.25) is 0 Å². The van der Waals surface area contributed by atoms with E-state index in [1.54, 1.807) is 0 Å². The summed E-state index contributed by atoms with van der Waals surface area (Å²) in [5.41, 5.74) is 17.5. The van der Waals surface area contributed by atoms with Gasteiger partial charge in [0.1, 0.15) is 6.04 Å². The van der Waals surface area contributed by atoms with E-state index in [0.717, 1.165) is 5.56 Å². The minimum Gasteiger partial charge on any atom is -0.480 e. The monoisotopic (exact) mass is 489 g/mol. The third kappa shape index (κ3) is 12.5. The molecule has 2 atom stereocenters. The fraction of sp³-hybridized carbons (Fsp3) is 0.524. The summed E-state index contributed by atoms with van der Waals surface area (Å²) < 4.78 is 0. The molecule has 0 saturated carbocycles. The van der Waals surface area contributed by atoms with Gasteiger partial charge < -0.3 is 27.2 Å². The number of halogens is 2. The highest BCUT2D eigenvalue weighted by Crippen LogP contribution is 2.13. The number of hydrogen-bond acceptors (Lipinski definition) is 5. The predicted molar refractivity (Wildman–Crippen MR) is 128 cm³/mol. The molecule has 0 aliphatic rings. The molecule has 0 spiro atoms. The van der Waals surface area contributed by atoms with Gasteiger partial charge in [-0.2, -0.15) is 0 Å². The zero-order chi connectivity index (χ0) is 24.5. The van der Waals surface area contributed by atoms with Crippen molar-refractivity contribution >= 4 is 46.8 Å². The summed E-state index contributed by atoms with van der Waals surface area (Å²) in [6.45, 7) is 2.54. The van der Waals surface area contributed by atoms with Crippen molar-refractivity contribution in [1.29, 1.82) is 0 Å². The molecule has 0 heterocycles. The molecule has 1 rings (SSSR count). The van der Waals surface area contributed by atoms with Gasteiger partial charge in [-0.3, -0.25) is 14.6 Å². The van der Waals surface area contributed by atoms with Crippen LogP contribution in [0.5, 0.6) is 0 Å². The van der Waals surface area contributed by atoms with Crippen molar-refractivity contribution in [1.82, 2.24) is 4.90 Å². The molecule has 11 heteroatoms. The van der Waals surface area contributed by atoms with Crippen molar-refractivity contribution < 1.29 is 19.5 Å². The normalized spacial score (nSPS) is 12.0. The zero-order valence-corrected chi connectivity index (χ0v) is 19.8. The second kappa shape index (κ2) is 17.2. The van der Waals surface area contributed by atoms with Gasteiger partial charge in [-0.25, -0.2) is 4.79 Å². The lowest BCUT2D eigenvalue weighted by molar-refractivity contribution is -0.151. The highest BCUT2D eigenvalue weighted by atomic mass is 35.5. The lowest BCUT2D eigenvalue weighted by atomic mass is 10.0. The molecule has 0 saturated heterocycles. The van der Waals surface area contributed by atoms with E-state index in [-0.39, 0.29) is 35.8 Å². The molecule has 0 radical (unpaired) electrons. The van der Waals surface area contributed by atoms with Crippen LogP contribution in [0.25, 0.3) is 0 Å². The van der Waals surface area contributed by atoms with Crippen molar-refractivity contribution in [2.45, 2.75) is 44.7 Å². The van der Waals surface area contributed by atoms with Crippen LogP contribution in [0, 0.1) is 0 Å². The zero-order valence-electron chi connectivity index (χ0n) is 18.3. The number of hydrogen-bond donors (Lipinski definition) is 4. The Morgan fingerprint density at radius 1 is 1.12 bits per heavy atom. The topological polar surface area (TPSA) is 165 Å². The number of ketones is 1. The number of alkyl halides is 2. The maximum absolute atomic E-state index is 12.8. The number of guanidine groups is 1. The number of Topliss-reactive ketones (excluding diaryl/α,β-unsaturated/α-hetero) is 1. The Morgan fingerprint density at radius 3 is 2.16 bits per heavy atom. The Bertz CT molecular complexity index is 724. The Labute approximate surface area is 198 Å². The highest BCUT2D eigenvalue weighted by Gasteiger charge is 2.31. The summed E-state index contributed by atoms with van der Waals surface area (Å²) in [6, 6.07) is 7.68. The van der Waals surface area contributed by atoms with Gasteiger partial charge in [0.05, 0.1) is 17.8 Å². The standard InChI is InChI=1S/C18H29N5O3.C3H4Cl2O/c1-2-11-23(15(17(25)26)9-6-10-22-18(20)21)16(24)14(19)12-13-7-4-3-5-8-13;4-1-3(6)2-5/h3-5,7-8,14-15H,2,6,9-12,19H2,1H3,(H,25,26)(H4,20,21,22);1-2H2/t14?,15-;/m1./s1. The summed E-state index contributed by atoms with van der Waals surface area (Å²) in [5, 5.41) is 9.58. The average Bonchev–Trinajstić information content (AvgIpc) is 2.77. The Balaban J connectivity index is 0.00000140. The van der Waals surface area contributed by atoms with Gasteiger partial charge in [-0.15, -0.1) is 23.2 Å². The average molecular weight is 490 g/mol. The molecular weight excluding hydrogens is 457 g/mol. The number of carboxylic acids is 1. The third-order valence-electron chi connectivity index (χ3n) is 4.25. The van der Waals surface area contributed by atoms with Gasteiger partial charge in [0.15, 0.2) is 11.7 Å². The molecule has 7 N–H and O–H groups in total. The number of carbonyl (C=O) groups excluding carboxylic acids is 2. The van der Waals surface area contributed by atoms with Crippen LogP contribution in [-0.4, -0.2) is 70.6 Å². The minimum absolute atomic E-state index is 0.0312. The molecule has 0 fully saturated rings. The molecule has 1 aromatic rings. The molecule has 180 valence electrons. The second-order valence-corrected chi connectivity index (χ2v) is 7.47. The van der Waals surface area contributed by atoms with Crippen molar-refractivity contribution in [3.63, 3.8) is 0 Å². The number of carboxylic acid groups (broad SMARTS) is 1. The smallest absolute Gasteiger partial charge is 0.326 e. The molecule has 1 unspecified atom stereocenters. The maximum atomic E-state index is 12.8. The molecule has 0 aliphatic carbocycles. The number of amides is 1. The fourth-order valence-corrected chi connectivity index (χ4v) is 3.06. The van der Waals surface area contributed by atoms with Crippen LogP contribution in [-0.2, 0) is 20.8 Å². The molecule has 0 aromatic heterocycles. The SMILES string of the molecule is CCCN(C(=O)C(N)Cc1ccccc1)[C@H](CCCN=C(N)N)C(=O)O.O=C(CCl)CCl. The lowest BCUT2D eigenvalue weighted by Crippen LogP contribution is -2.52. The molecule has 1 aromatic carbocycles. The quantitative estimate of drug-likeness (QED) is 0.140. The van der Waals surface area contributed by atoms with E-state index in [9.17, 15) is 19.5 Å². The predicted octanol–water partition coefficient (Wildman–Crippen LogP) is 1.33. The molecule has 32 heavy (non-hydrogen) atoms. The van der Waals surface area contributed by atoms with Gasteiger partial charge in [0.2, 0.25) is 5.91 Å². The Morgan fingerprint density at radius 2 is 1.72 bits per heavy atom. The van der Waals surface area contributed by atoms with Gasteiger partial charge in [0, 0.05) is 13.1 Å². The van der Waals surface area contributed by atoms with Crippen molar-refractivity contribution in [3.8, 4) is 0 Å². The number of nitrogens with zero attached hydrogens (tertiary/aromatic N) is 2. The van der Waals surface area contributed by atoms with Gasteiger partial charge in [-0.05, 0) is 31.2 Å². The van der Waals surface area contributed by atoms with E-state index in [0.29, 0.717) is 32.4 Å². The number of carbonyl (C=O) groups is 3. The number of aliphatic imine (C=N–C) groups is 1. The summed E-state index contributed by atoms with van der Waals surface area (Å²) in [4.78, 5) is 39.6. The van der Waals surface area contributed by atoms with Gasteiger partial charge >= 0.3 is 5.97 Å². The van der Waals surface area contributed by atoms with Crippen molar-refractivity contribution in [2.75, 3.05) is 24.8 Å². The molecular formula is C21H33Cl2N5O4. The van der Waals surface area contributed by atoms with Crippen LogP contribution in [0.3, 0.4) is 0 Å². The minimum atomic E-state index is -1.05. The van der Waals surface area contributed by atoms with E-state index in [1.807, 2.05) is 37.3 Å². The van der Waals surface area contributed by atoms with Crippen LogP contribution in [0.1, 0.15) is 31.7 Å². The first-order valence-electron chi connectivity index (χ1n) is 10.2. The van der Waals surface area contributed by atoms with E-state index in [2.05, 4.69) is 4.99 Å². The summed E-state index contributed by atoms with van der Waals surface area (Å²) in [7, 11) is 0. The first-order valence-corrected chi connectivity index (χ1v) is 11.3. The molecule has 9 nitrogen and oxygen atoms in total. The molecule has 1 amide bonds. The first-order chi connectivity index (χ1) is 15.2. The van der Waals surface area contributed by atoms with E-state index >= 15 is 0 Å². The summed E-state index contributed by atoms with van der Waals surface area (Å²) >= 11 is 10.0. The van der Waals surface area contributed by atoms with Crippen molar-refractivity contribution in [2.24, 2.45) is 22.2 Å². The fourth-order valence-electron chi connectivity index (χ4n) is 2.77. The number of rotatable bonds is 13. The third-order valence-corrected chi connectivity index (χ3v) is 4.85. The number of benzene rings is 1. The second-order valence-electron chi connectivity index (χ2n) is 6.94. The van der Waals surface area contributed by atoms with E-state index < -0.39 is 18.1 Å². The largest absolute Gasteiger partial charge is 0.480 e. The van der Waals surface area contributed by atoms with Crippen molar-refractivity contribution in [3.05, 3.63) is 35.9 Å². The summed E-state index contributed by atoms with van der Waals surface area (Å²) in [5.74, 6) is -1.51. The van der Waals surface area contributed by atoms with E-state index in [1.165, 1.54) is 4.90 Å². The number of nitrogens with two attached hydrogens (primary N) is 3. The van der Waals surface area contributed by atoms with Gasteiger partial charge in [0.25, 0.3) is 0 Å². The Hall–Kier alpha value is -2.36. The lowest BCUT2D eigenvalue weighted by Gasteiger charge is -2.31. The maximum Gasteiger partial charge on any atom is 0.326 e. The van der Waals surface area contributed by atoms with Crippen LogP contribution < -0.4 is 17.2 Å². The molecule has 0 bridgehead atoms. The Kier molecular flexibility index (Phi) is 16.0.